The zero-order valence-corrected chi connectivity index (χ0v) is 19.0. The van der Waals surface area contributed by atoms with E-state index >= 15 is 0 Å². The predicted octanol–water partition coefficient (Wildman–Crippen LogP) is 5.36. The number of benzene rings is 2. The Balaban J connectivity index is 1.28. The van der Waals surface area contributed by atoms with Crippen molar-refractivity contribution in [2.24, 2.45) is 5.92 Å². The lowest BCUT2D eigenvalue weighted by molar-refractivity contribution is 0.114. The summed E-state index contributed by atoms with van der Waals surface area (Å²) < 4.78 is 8.59. The second-order valence-corrected chi connectivity index (χ2v) is 10.2. The zero-order valence-electron chi connectivity index (χ0n) is 18.2. The molecule has 0 radical (unpaired) electrons. The van der Waals surface area contributed by atoms with E-state index in [1.807, 2.05) is 12.1 Å². The van der Waals surface area contributed by atoms with Crippen molar-refractivity contribution < 1.29 is 4.74 Å². The lowest BCUT2D eigenvalue weighted by atomic mass is 9.82. The number of nitrogens with zero attached hydrogens (tertiary/aromatic N) is 2. The minimum Gasteiger partial charge on any atom is -0.497 e. The third-order valence-corrected chi connectivity index (χ3v) is 8.09. The van der Waals surface area contributed by atoms with Gasteiger partial charge in [-0.15, -0.1) is 11.3 Å². The fourth-order valence-corrected chi connectivity index (χ4v) is 6.54. The Morgan fingerprint density at radius 2 is 1.84 bits per heavy atom. The average Bonchev–Trinajstić information content (AvgIpc) is 3.24. The molecule has 6 rings (SSSR count). The maximum absolute atomic E-state index is 13.5. The monoisotopic (exact) mass is 442 g/mol. The SMILES string of the molecule is COc1ccc(CN2C[C@@H]3C[C@H](C2)c2ccc(-c4cc5ccccc5s4)c(=O)n2C3)cc1. The topological polar surface area (TPSA) is 34.5 Å². The molecule has 5 heteroatoms. The highest BCUT2D eigenvalue weighted by atomic mass is 32.1. The number of piperidine rings is 1. The smallest absolute Gasteiger partial charge is 0.259 e. The van der Waals surface area contributed by atoms with Crippen LogP contribution in [0, 0.1) is 5.92 Å². The van der Waals surface area contributed by atoms with E-state index in [0.717, 1.165) is 42.4 Å². The summed E-state index contributed by atoms with van der Waals surface area (Å²) >= 11 is 1.71. The van der Waals surface area contributed by atoms with Gasteiger partial charge in [0.05, 0.1) is 12.7 Å². The molecule has 2 bridgehead atoms. The normalized spacial score (nSPS) is 20.3. The first-order chi connectivity index (χ1) is 15.7. The minimum atomic E-state index is 0.173. The van der Waals surface area contributed by atoms with Crippen LogP contribution in [0.3, 0.4) is 0 Å². The maximum Gasteiger partial charge on any atom is 0.259 e. The third kappa shape index (κ3) is 3.46. The number of fused-ring (bicyclic) bond motifs is 5. The number of methoxy groups -OCH3 is 1. The van der Waals surface area contributed by atoms with Crippen molar-refractivity contribution in [2.45, 2.75) is 25.4 Å². The largest absolute Gasteiger partial charge is 0.497 e. The highest BCUT2D eigenvalue weighted by Crippen LogP contribution is 2.37. The summed E-state index contributed by atoms with van der Waals surface area (Å²) in [5.41, 5.74) is 3.52. The molecule has 162 valence electrons. The van der Waals surface area contributed by atoms with E-state index in [1.54, 1.807) is 18.4 Å². The Morgan fingerprint density at radius 1 is 1.00 bits per heavy atom. The Kier molecular flexibility index (Phi) is 4.89. The van der Waals surface area contributed by atoms with Crippen LogP contribution >= 0.6 is 11.3 Å². The Hall–Kier alpha value is -2.89. The van der Waals surface area contributed by atoms with Gasteiger partial charge in [-0.05, 0) is 59.7 Å². The van der Waals surface area contributed by atoms with Crippen molar-refractivity contribution in [1.29, 1.82) is 0 Å². The first-order valence-electron chi connectivity index (χ1n) is 11.3. The average molecular weight is 443 g/mol. The molecule has 2 aliphatic rings. The molecule has 2 aliphatic heterocycles. The Bertz CT molecular complexity index is 1310. The molecule has 0 saturated carbocycles. The molecule has 0 amide bonds. The standard InChI is InChI=1S/C27H26N2O2S/c1-31-22-8-6-18(7-9-22)14-28-15-19-12-21(17-28)24-11-10-23(27(30)29(24)16-19)26-13-20-4-2-3-5-25(20)32-26/h2-11,13,19,21H,12,14-17H2,1H3/t19-,21+/m0/s1. The van der Waals surface area contributed by atoms with Crippen LogP contribution < -0.4 is 10.3 Å². The highest BCUT2D eigenvalue weighted by molar-refractivity contribution is 7.22. The van der Waals surface area contributed by atoms with Gasteiger partial charge < -0.3 is 9.30 Å². The number of likely N-dealkylation sites (tertiary alicyclic amines) is 1. The fraction of sp³-hybridized carbons (Fsp3) is 0.296. The van der Waals surface area contributed by atoms with Crippen molar-refractivity contribution in [3.63, 3.8) is 0 Å². The summed E-state index contributed by atoms with van der Waals surface area (Å²) in [5.74, 6) is 1.84. The lowest BCUT2D eigenvalue weighted by Gasteiger charge is -2.43. The van der Waals surface area contributed by atoms with Crippen LogP contribution in [0.1, 0.15) is 23.6 Å². The number of thiophene rings is 1. The van der Waals surface area contributed by atoms with Gasteiger partial charge >= 0.3 is 0 Å². The molecule has 4 nitrogen and oxygen atoms in total. The second-order valence-electron chi connectivity index (χ2n) is 9.08. The summed E-state index contributed by atoms with van der Waals surface area (Å²) in [6, 6.07) is 23.1. The van der Waals surface area contributed by atoms with Gasteiger partial charge in [0.15, 0.2) is 0 Å². The van der Waals surface area contributed by atoms with E-state index in [4.69, 9.17) is 4.74 Å². The summed E-state index contributed by atoms with van der Waals surface area (Å²) in [5, 5.41) is 1.21. The molecular formula is C27H26N2O2S. The van der Waals surface area contributed by atoms with Crippen molar-refractivity contribution in [3.05, 3.63) is 88.3 Å². The first-order valence-corrected chi connectivity index (χ1v) is 12.1. The quantitative estimate of drug-likeness (QED) is 0.427. The van der Waals surface area contributed by atoms with Crippen molar-refractivity contribution >= 4 is 21.4 Å². The van der Waals surface area contributed by atoms with Gasteiger partial charge in [0.2, 0.25) is 0 Å². The fourth-order valence-electron chi connectivity index (χ4n) is 5.47. The summed E-state index contributed by atoms with van der Waals surface area (Å²) in [7, 11) is 1.70. The molecule has 2 aromatic heterocycles. The van der Waals surface area contributed by atoms with Crippen LogP contribution in [0.15, 0.2) is 71.5 Å². The van der Waals surface area contributed by atoms with Crippen LogP contribution in [-0.4, -0.2) is 29.7 Å². The number of ether oxygens (including phenoxy) is 1. The molecule has 4 aromatic rings. The van der Waals surface area contributed by atoms with Gasteiger partial charge in [0, 0.05) is 47.4 Å². The van der Waals surface area contributed by atoms with Crippen molar-refractivity contribution in [2.75, 3.05) is 20.2 Å². The number of rotatable bonds is 4. The number of hydrogen-bond donors (Lipinski definition) is 0. The summed E-state index contributed by atoms with van der Waals surface area (Å²) in [6.07, 6.45) is 1.18. The van der Waals surface area contributed by atoms with Crippen molar-refractivity contribution in [3.8, 4) is 16.2 Å². The maximum atomic E-state index is 13.5. The van der Waals surface area contributed by atoms with E-state index < -0.39 is 0 Å². The lowest BCUT2D eigenvalue weighted by Crippen LogP contribution is -2.46. The van der Waals surface area contributed by atoms with Crippen LogP contribution in [0.2, 0.25) is 0 Å². The molecule has 0 aliphatic carbocycles. The van der Waals surface area contributed by atoms with E-state index in [1.165, 1.54) is 27.8 Å². The third-order valence-electron chi connectivity index (χ3n) is 6.94. The van der Waals surface area contributed by atoms with Gasteiger partial charge in [0.25, 0.3) is 5.56 Å². The highest BCUT2D eigenvalue weighted by Gasteiger charge is 2.35. The summed E-state index contributed by atoms with van der Waals surface area (Å²) in [6.45, 7) is 3.81. The van der Waals surface area contributed by atoms with E-state index in [9.17, 15) is 4.79 Å². The minimum absolute atomic E-state index is 0.173. The van der Waals surface area contributed by atoms with Gasteiger partial charge in [-0.3, -0.25) is 9.69 Å². The molecule has 32 heavy (non-hydrogen) atoms. The van der Waals surface area contributed by atoms with E-state index in [-0.39, 0.29) is 5.56 Å². The second kappa shape index (κ2) is 7.91. The van der Waals surface area contributed by atoms with Crippen LogP contribution in [-0.2, 0) is 13.1 Å². The van der Waals surface area contributed by atoms with Crippen LogP contribution in [0.25, 0.3) is 20.5 Å². The molecule has 0 N–H and O–H groups in total. The molecule has 1 saturated heterocycles. The molecule has 0 spiro atoms. The van der Waals surface area contributed by atoms with Gasteiger partial charge in [-0.25, -0.2) is 0 Å². The molecule has 2 atom stereocenters. The Labute approximate surface area is 191 Å². The molecule has 4 heterocycles. The van der Waals surface area contributed by atoms with E-state index in [0.29, 0.717) is 11.8 Å². The van der Waals surface area contributed by atoms with Crippen molar-refractivity contribution in [1.82, 2.24) is 9.47 Å². The first kappa shape index (κ1) is 19.8. The van der Waals surface area contributed by atoms with E-state index in [2.05, 4.69) is 64.1 Å². The molecule has 0 unspecified atom stereocenters. The number of aromatic nitrogens is 1. The molecular weight excluding hydrogens is 416 g/mol. The van der Waals surface area contributed by atoms with Gasteiger partial charge in [-0.2, -0.15) is 0 Å². The van der Waals surface area contributed by atoms with Crippen LogP contribution in [0.4, 0.5) is 0 Å². The molecule has 2 aromatic carbocycles. The summed E-state index contributed by atoms with van der Waals surface area (Å²) in [4.78, 5) is 17.1. The Morgan fingerprint density at radius 3 is 2.66 bits per heavy atom. The predicted molar refractivity (Wildman–Crippen MR) is 131 cm³/mol. The zero-order chi connectivity index (χ0) is 21.7. The number of pyridine rings is 1. The van der Waals surface area contributed by atoms with Gasteiger partial charge in [-0.1, -0.05) is 30.3 Å². The molecule has 1 fully saturated rings. The van der Waals surface area contributed by atoms with Crippen LogP contribution in [0.5, 0.6) is 5.75 Å². The number of hydrogen-bond acceptors (Lipinski definition) is 4. The van der Waals surface area contributed by atoms with Gasteiger partial charge in [0.1, 0.15) is 5.75 Å².